The zero-order chi connectivity index (χ0) is 35.2. The molecule has 0 spiro atoms. The van der Waals surface area contributed by atoms with Crippen LogP contribution in [0.3, 0.4) is 0 Å². The second kappa shape index (κ2) is 17.5. The molecule has 3 heterocycles. The van der Waals surface area contributed by atoms with Gasteiger partial charge in [-0.25, -0.2) is 0 Å². The summed E-state index contributed by atoms with van der Waals surface area (Å²) >= 11 is 0. The molecule has 3 aliphatic rings. The summed E-state index contributed by atoms with van der Waals surface area (Å²) in [5, 5.41) is 83.9. The predicted molar refractivity (Wildman–Crippen MR) is 168 cm³/mol. The molecular formula is C33H56O14. The number of aliphatic hydroxyl groups excluding tert-OH is 8. The third-order valence-electron chi connectivity index (χ3n) is 9.02. The van der Waals surface area contributed by atoms with Crippen molar-refractivity contribution < 1.29 is 69.3 Å². The van der Waals surface area contributed by atoms with E-state index in [-0.39, 0.29) is 0 Å². The van der Waals surface area contributed by atoms with Crippen molar-refractivity contribution in [1.29, 1.82) is 0 Å². The minimum absolute atomic E-state index is 0.440. The highest BCUT2D eigenvalue weighted by atomic mass is 16.8. The van der Waals surface area contributed by atoms with Gasteiger partial charge in [0.2, 0.25) is 0 Å². The first-order valence-corrected chi connectivity index (χ1v) is 16.3. The molecule has 3 saturated heterocycles. The maximum absolute atomic E-state index is 11.3. The molecule has 0 aromatic carbocycles. The van der Waals surface area contributed by atoms with E-state index in [2.05, 4.69) is 39.5 Å². The van der Waals surface area contributed by atoms with Gasteiger partial charge in [0, 0.05) is 0 Å². The lowest BCUT2D eigenvalue weighted by Gasteiger charge is -2.47. The molecule has 3 fully saturated rings. The second-order valence-corrected chi connectivity index (χ2v) is 13.4. The van der Waals surface area contributed by atoms with Gasteiger partial charge < -0.3 is 69.3 Å². The molecule has 1 unspecified atom stereocenters. The third kappa shape index (κ3) is 10.3. The van der Waals surface area contributed by atoms with E-state index in [0.717, 1.165) is 12.8 Å². The number of hydrogen-bond donors (Lipinski definition) is 8. The van der Waals surface area contributed by atoms with Crippen molar-refractivity contribution in [3.05, 3.63) is 36.0 Å². The summed E-state index contributed by atoms with van der Waals surface area (Å²) in [6, 6.07) is 0. The van der Waals surface area contributed by atoms with Crippen molar-refractivity contribution in [3.8, 4) is 0 Å². The van der Waals surface area contributed by atoms with Crippen LogP contribution in [-0.4, -0.2) is 145 Å². The van der Waals surface area contributed by atoms with Crippen LogP contribution in [0.2, 0.25) is 0 Å². The fourth-order valence-corrected chi connectivity index (χ4v) is 5.67. The first-order chi connectivity index (χ1) is 22.0. The van der Waals surface area contributed by atoms with Crippen molar-refractivity contribution in [2.24, 2.45) is 0 Å². The summed E-state index contributed by atoms with van der Waals surface area (Å²) in [5.74, 6) is 0. The Labute approximate surface area is 276 Å². The van der Waals surface area contributed by atoms with Gasteiger partial charge in [-0.15, -0.1) is 6.58 Å². The van der Waals surface area contributed by atoms with Crippen LogP contribution >= 0.6 is 0 Å². The lowest BCUT2D eigenvalue weighted by molar-refractivity contribution is -0.377. The van der Waals surface area contributed by atoms with Crippen molar-refractivity contribution in [1.82, 2.24) is 0 Å². The van der Waals surface area contributed by atoms with E-state index >= 15 is 0 Å². The van der Waals surface area contributed by atoms with Gasteiger partial charge in [-0.3, -0.25) is 0 Å². The predicted octanol–water partition coefficient (Wildman–Crippen LogP) is -0.0759. The minimum atomic E-state index is -1.70. The van der Waals surface area contributed by atoms with Gasteiger partial charge in [-0.1, -0.05) is 29.4 Å². The molecule has 0 aliphatic carbocycles. The Balaban J connectivity index is 1.79. The summed E-state index contributed by atoms with van der Waals surface area (Å²) in [6.07, 6.45) is -12.6. The molecule has 14 heteroatoms. The number of rotatable bonds is 14. The Bertz CT molecular complexity index is 1050. The van der Waals surface area contributed by atoms with E-state index in [1.165, 1.54) is 25.0 Å². The van der Waals surface area contributed by atoms with Crippen LogP contribution in [0.4, 0.5) is 0 Å². The Kier molecular flexibility index (Phi) is 15.0. The molecule has 3 aliphatic heterocycles. The van der Waals surface area contributed by atoms with Crippen molar-refractivity contribution in [3.63, 3.8) is 0 Å². The topological polar surface area (TPSA) is 217 Å². The van der Waals surface area contributed by atoms with E-state index < -0.39 is 104 Å². The molecule has 14 nitrogen and oxygen atoms in total. The summed E-state index contributed by atoms with van der Waals surface area (Å²) in [7, 11) is 0. The number of aliphatic hydroxyl groups is 8. The second-order valence-electron chi connectivity index (χ2n) is 13.4. The highest BCUT2D eigenvalue weighted by molar-refractivity contribution is 5.05. The minimum Gasteiger partial charge on any atom is -0.388 e. The largest absolute Gasteiger partial charge is 0.388 e. The average molecular weight is 677 g/mol. The van der Waals surface area contributed by atoms with Gasteiger partial charge in [0.05, 0.1) is 24.4 Å². The molecular weight excluding hydrogens is 620 g/mol. The van der Waals surface area contributed by atoms with E-state index in [1.807, 2.05) is 0 Å². The van der Waals surface area contributed by atoms with E-state index in [9.17, 15) is 40.9 Å². The van der Waals surface area contributed by atoms with Gasteiger partial charge in [-0.05, 0) is 67.2 Å². The lowest BCUT2D eigenvalue weighted by Crippen LogP contribution is -2.65. The van der Waals surface area contributed by atoms with Crippen LogP contribution < -0.4 is 0 Å². The molecule has 0 aromatic rings. The summed E-state index contributed by atoms with van der Waals surface area (Å²) < 4.78 is 35.0. The molecule has 47 heavy (non-hydrogen) atoms. The molecule has 16 atom stereocenters. The van der Waals surface area contributed by atoms with E-state index in [4.69, 9.17) is 28.4 Å². The van der Waals surface area contributed by atoms with Gasteiger partial charge in [-0.2, -0.15) is 0 Å². The zero-order valence-corrected chi connectivity index (χ0v) is 28.2. The van der Waals surface area contributed by atoms with Crippen LogP contribution in [0.1, 0.15) is 67.2 Å². The highest BCUT2D eigenvalue weighted by Gasteiger charge is 2.52. The zero-order valence-electron chi connectivity index (χ0n) is 28.2. The highest BCUT2D eigenvalue weighted by Crippen LogP contribution is 2.34. The maximum atomic E-state index is 11.3. The van der Waals surface area contributed by atoms with E-state index in [0.29, 0.717) is 12.8 Å². The molecule has 3 rings (SSSR count). The van der Waals surface area contributed by atoms with Crippen molar-refractivity contribution in [2.45, 2.75) is 165 Å². The molecule has 0 amide bonds. The Morgan fingerprint density at radius 2 is 1.28 bits per heavy atom. The third-order valence-corrected chi connectivity index (χ3v) is 9.02. The average Bonchev–Trinajstić information content (AvgIpc) is 3.02. The van der Waals surface area contributed by atoms with Crippen LogP contribution in [0, 0.1) is 0 Å². The first-order valence-electron chi connectivity index (χ1n) is 16.3. The Hall–Kier alpha value is -1.34. The quantitative estimate of drug-likeness (QED) is 0.113. The van der Waals surface area contributed by atoms with Crippen molar-refractivity contribution >= 4 is 0 Å². The smallest absolute Gasteiger partial charge is 0.188 e. The van der Waals surface area contributed by atoms with Gasteiger partial charge in [0.1, 0.15) is 61.0 Å². The normalized spacial score (nSPS) is 42.9. The van der Waals surface area contributed by atoms with Gasteiger partial charge >= 0.3 is 0 Å². The SMILES string of the molecule is C=CC(C)(CC/C=C(\C)CCC=C(C)C)O[C@@H]1O[C@H](CO[C@@H]2O[C@@H](C)[C@H](O)[C@@H](O)[C@H]2O)[C@@H](O)[C@H](O)[C@H]1O[C@@H]1O[C@@H](C)[C@H](O)[C@@H](O)[C@H]1O. The van der Waals surface area contributed by atoms with Gasteiger partial charge in [0.25, 0.3) is 0 Å². The summed E-state index contributed by atoms with van der Waals surface area (Å²) in [6.45, 7) is 14.4. The Morgan fingerprint density at radius 3 is 1.85 bits per heavy atom. The fourth-order valence-electron chi connectivity index (χ4n) is 5.67. The van der Waals surface area contributed by atoms with Crippen LogP contribution in [0.25, 0.3) is 0 Å². The first kappa shape index (κ1) is 40.1. The number of hydrogen-bond acceptors (Lipinski definition) is 14. The maximum Gasteiger partial charge on any atom is 0.188 e. The molecule has 0 radical (unpaired) electrons. The van der Waals surface area contributed by atoms with Crippen molar-refractivity contribution in [2.75, 3.05) is 6.61 Å². The van der Waals surface area contributed by atoms with Crippen LogP contribution in [0.5, 0.6) is 0 Å². The van der Waals surface area contributed by atoms with E-state index in [1.54, 1.807) is 13.0 Å². The number of allylic oxidation sites excluding steroid dienone is 4. The standard InChI is InChI=1S/C33H56O14/c1-8-33(7,14-10-13-17(4)12-9-11-16(2)3)47-32-29(46-31-28(41)25(38)22(35)19(6)44-31)26(39)23(36)20(45-32)15-42-30-27(40)24(37)21(34)18(5)43-30/h8,11,13,18-32,34-41H,1,9-10,12,14-15H2,2-7H3/b17-13+/t18-,19-,20+,21-,22-,23+,24+,25+,26-,27+,28+,29+,30+,31-,32-,33?/m0/s1. The molecule has 0 saturated carbocycles. The summed E-state index contributed by atoms with van der Waals surface area (Å²) in [4.78, 5) is 0. The molecule has 8 N–H and O–H groups in total. The summed E-state index contributed by atoms with van der Waals surface area (Å²) in [5.41, 5.74) is 1.42. The van der Waals surface area contributed by atoms with Crippen LogP contribution in [-0.2, 0) is 28.4 Å². The molecule has 0 bridgehead atoms. The Morgan fingerprint density at radius 1 is 0.702 bits per heavy atom. The fraction of sp³-hybridized carbons (Fsp3) is 0.818. The van der Waals surface area contributed by atoms with Gasteiger partial charge in [0.15, 0.2) is 18.9 Å². The molecule has 272 valence electrons. The van der Waals surface area contributed by atoms with Crippen LogP contribution in [0.15, 0.2) is 36.0 Å². The monoisotopic (exact) mass is 676 g/mol. The number of ether oxygens (including phenoxy) is 6. The lowest BCUT2D eigenvalue weighted by atomic mass is 9.95. The molecule has 0 aromatic heterocycles.